The van der Waals surface area contributed by atoms with Crippen LogP contribution in [0.1, 0.15) is 0 Å². The van der Waals surface area contributed by atoms with E-state index in [1.165, 1.54) is 0 Å². The Hall–Kier alpha value is 1.96. The minimum absolute atomic E-state index is 0. The Balaban J connectivity index is 0. The van der Waals surface area contributed by atoms with Crippen molar-refractivity contribution < 1.29 is 4.48 Å². The van der Waals surface area contributed by atoms with Crippen molar-refractivity contribution in [2.24, 2.45) is 0 Å². The van der Waals surface area contributed by atoms with E-state index >= 15 is 0 Å². The third kappa shape index (κ3) is 6.09. The van der Waals surface area contributed by atoms with Crippen LogP contribution in [0.3, 0.4) is 0 Å². The molecule has 0 aromatic carbocycles. The summed E-state index contributed by atoms with van der Waals surface area (Å²) in [5.41, 5.74) is 0. The summed E-state index contributed by atoms with van der Waals surface area (Å²) in [6.07, 6.45) is 0. The molecule has 63 valence electrons. The third-order valence-corrected chi connectivity index (χ3v) is 7.56. The van der Waals surface area contributed by atoms with E-state index in [1.54, 1.807) is 0 Å². The van der Waals surface area contributed by atoms with Crippen LogP contribution in [0, 0.1) is 0 Å². The average molecular weight is 218 g/mol. The summed E-state index contributed by atoms with van der Waals surface area (Å²) in [5.74, 6) is 0. The molecule has 0 N–H and O–H groups in total. The minimum Gasteiger partial charge on any atom is -0.195 e. The second-order valence-electron chi connectivity index (χ2n) is 4.62. The van der Waals surface area contributed by atoms with Crippen molar-refractivity contribution in [1.82, 2.24) is 4.45 Å². The fourth-order valence-electron chi connectivity index (χ4n) is 1.01. The van der Waals surface area contributed by atoms with E-state index in [9.17, 15) is 4.48 Å². The van der Waals surface area contributed by atoms with Crippen LogP contribution in [-0.2, 0) is 0 Å². The summed E-state index contributed by atoms with van der Waals surface area (Å²) in [6.45, 7) is 12.2. The van der Waals surface area contributed by atoms with Gasteiger partial charge in [0.05, 0.1) is 0 Å². The molecule has 1 nitrogen and oxygen atoms in total. The Bertz CT molecular complexity index is 105. The molecule has 0 unspecified atom stereocenters. The van der Waals surface area contributed by atoms with Crippen molar-refractivity contribution in [3.8, 4) is 0 Å². The van der Waals surface area contributed by atoms with Gasteiger partial charge in [-0.05, 0) is 0 Å². The van der Waals surface area contributed by atoms with Gasteiger partial charge in [0, 0.05) is 51.4 Å². The smallest absolute Gasteiger partial charge is 0.147 e. The summed E-state index contributed by atoms with van der Waals surface area (Å²) in [5, 5.41) is 0. The summed E-state index contributed by atoms with van der Waals surface area (Å²) in [6, 6.07) is 0. The van der Waals surface area contributed by atoms with E-state index in [0.29, 0.717) is 0 Å². The van der Waals surface area contributed by atoms with Gasteiger partial charge in [-0.1, -0.05) is 39.3 Å². The second-order valence-corrected chi connectivity index (χ2v) is 14.5. The van der Waals surface area contributed by atoms with Crippen molar-refractivity contribution in [3.05, 3.63) is 0 Å². The van der Waals surface area contributed by atoms with Crippen LogP contribution in [0.15, 0.2) is 0 Å². The van der Waals surface area contributed by atoms with Crippen LogP contribution in [-0.4, -0.2) is 72.3 Å². The maximum atomic E-state index is 13.4. The van der Waals surface area contributed by atoms with Crippen LogP contribution in [0.25, 0.3) is 0 Å². The molecule has 0 heterocycles. The molecule has 1 radical (unpaired) electrons. The molecule has 0 amide bonds. The first-order valence-electron chi connectivity index (χ1n) is 3.62. The van der Waals surface area contributed by atoms with Crippen LogP contribution in [0.5, 0.6) is 0 Å². The molecule has 5 heteroatoms. The maximum absolute atomic E-state index is 13.4. The van der Waals surface area contributed by atoms with E-state index < -0.39 is 16.5 Å². The zero-order chi connectivity index (χ0) is 8.58. The van der Waals surface area contributed by atoms with Crippen LogP contribution in [0.4, 0.5) is 4.48 Å². The Labute approximate surface area is 114 Å². The predicted octanol–water partition coefficient (Wildman–Crippen LogP) is 2.46. The van der Waals surface area contributed by atoms with Crippen molar-refractivity contribution in [2.45, 2.75) is 39.3 Å². The third-order valence-electron chi connectivity index (χ3n) is 1.18. The Morgan fingerprint density at radius 1 is 0.818 bits per heavy atom. The monoisotopic (exact) mass is 218 g/mol. The first-order valence-corrected chi connectivity index (χ1v) is 10.5. The number of halogens is 1. The van der Waals surface area contributed by atoms with Crippen LogP contribution >= 0.6 is 0 Å². The van der Waals surface area contributed by atoms with Crippen molar-refractivity contribution in [3.63, 3.8) is 0 Å². The van der Waals surface area contributed by atoms with E-state index in [0.717, 1.165) is 4.45 Å². The molecule has 0 aromatic heterocycles. The molecule has 0 rings (SSSR count). The fourth-order valence-corrected chi connectivity index (χ4v) is 9.06. The zero-order valence-corrected chi connectivity index (χ0v) is 13.9. The van der Waals surface area contributed by atoms with Crippen LogP contribution in [0.2, 0.25) is 39.3 Å². The molecular weight excluding hydrogens is 200 g/mol. The van der Waals surface area contributed by atoms with Gasteiger partial charge in [0.1, 0.15) is 16.5 Å². The number of hydrogen-bond donors (Lipinski definition) is 0. The molecule has 0 bridgehead atoms. The van der Waals surface area contributed by atoms with Crippen LogP contribution < -0.4 is 0 Å². The first-order chi connectivity index (χ1) is 4.15. The second kappa shape index (κ2) is 4.99. The van der Waals surface area contributed by atoms with Gasteiger partial charge in [-0.15, -0.1) is 0 Å². The molecule has 0 aliphatic heterocycles. The summed E-state index contributed by atoms with van der Waals surface area (Å²) in [4.78, 5) is 0. The van der Waals surface area contributed by atoms with Gasteiger partial charge in [-0.2, -0.15) is 8.93 Å². The normalized spacial score (nSPS) is 13.1. The van der Waals surface area contributed by atoms with Crippen molar-refractivity contribution in [1.29, 1.82) is 0 Å². The maximum Gasteiger partial charge on any atom is 0.147 e. The molecule has 0 spiro atoms. The average Bonchev–Trinajstić information content (AvgIpc) is 1.59. The van der Waals surface area contributed by atoms with Gasteiger partial charge in [0.15, 0.2) is 0 Å². The molecule has 0 atom stereocenters. The van der Waals surface area contributed by atoms with Gasteiger partial charge < -0.3 is 0 Å². The van der Waals surface area contributed by atoms with E-state index in [-0.39, 0.29) is 51.4 Å². The minimum atomic E-state index is -1.67. The van der Waals surface area contributed by atoms with Gasteiger partial charge in [-0.25, -0.2) is 0 Å². The number of nitrogens with zero attached hydrogens (tertiary/aromatic N) is 1. The Morgan fingerprint density at radius 3 is 1.00 bits per heavy atom. The van der Waals surface area contributed by atoms with E-state index in [1.807, 2.05) is 39.3 Å². The molecule has 0 saturated heterocycles. The Kier molecular flexibility index (Phi) is 7.01. The zero-order valence-electron chi connectivity index (χ0n) is 8.83. The summed E-state index contributed by atoms with van der Waals surface area (Å²) >= 11 is 0. The predicted molar refractivity (Wildman–Crippen MR) is 55.4 cm³/mol. The molecule has 0 aliphatic rings. The van der Waals surface area contributed by atoms with Crippen molar-refractivity contribution >= 4 is 67.9 Å². The van der Waals surface area contributed by atoms with Crippen molar-refractivity contribution in [2.75, 3.05) is 0 Å². The first kappa shape index (κ1) is 15.4. The molecule has 0 aliphatic carbocycles. The quantitative estimate of drug-likeness (QED) is 0.508. The van der Waals surface area contributed by atoms with Gasteiger partial charge >= 0.3 is 0 Å². The summed E-state index contributed by atoms with van der Waals surface area (Å²) in [7, 11) is -3.34. The fraction of sp³-hybridized carbons (Fsp3) is 1.00. The Morgan fingerprint density at radius 2 is 1.00 bits per heavy atom. The van der Waals surface area contributed by atoms with Gasteiger partial charge in [0.25, 0.3) is 0 Å². The van der Waals surface area contributed by atoms with E-state index in [4.69, 9.17) is 0 Å². The molecular formula is C6H18FKNSi2. The number of hydrogen-bond acceptors (Lipinski definition) is 1. The SMILES string of the molecule is C[Si](C)(C)N(F)[Si](C)(C)C.[K]. The largest absolute Gasteiger partial charge is 0.195 e. The number of rotatable bonds is 2. The summed E-state index contributed by atoms with van der Waals surface area (Å²) < 4.78 is 14.5. The molecule has 0 aromatic rings. The topological polar surface area (TPSA) is 3.24 Å². The molecule has 11 heavy (non-hydrogen) atoms. The molecule has 0 fully saturated rings. The van der Waals surface area contributed by atoms with Gasteiger partial charge in [0.2, 0.25) is 0 Å². The van der Waals surface area contributed by atoms with E-state index in [2.05, 4.69) is 0 Å². The molecule has 0 saturated carbocycles. The van der Waals surface area contributed by atoms with Gasteiger partial charge in [-0.3, -0.25) is 0 Å². The standard InChI is InChI=1S/C6H18FNSi2.K/c1-9(2,3)8(7)10(4,5)6;/h1-6H3;.